The predicted octanol–water partition coefficient (Wildman–Crippen LogP) is 2.57. The summed E-state index contributed by atoms with van der Waals surface area (Å²) in [6.07, 6.45) is 3.43. The third-order valence-electron chi connectivity index (χ3n) is 3.91. The molecular formula is C14H21ClN2. The van der Waals surface area contributed by atoms with Gasteiger partial charge >= 0.3 is 0 Å². The summed E-state index contributed by atoms with van der Waals surface area (Å²) in [5.41, 5.74) is 1.53. The summed E-state index contributed by atoms with van der Waals surface area (Å²) in [7, 11) is 4.26. The smallest absolute Gasteiger partial charge is 0.0437 e. The van der Waals surface area contributed by atoms with Gasteiger partial charge in [0.1, 0.15) is 0 Å². The van der Waals surface area contributed by atoms with Crippen LogP contribution in [0.2, 0.25) is 5.02 Å². The van der Waals surface area contributed by atoms with Crippen LogP contribution in [-0.4, -0.2) is 37.6 Å². The number of rotatable bonds is 4. The number of nitrogens with one attached hydrogen (secondary N) is 1. The minimum absolute atomic E-state index is 0.272. The Kier molecular flexibility index (Phi) is 4.08. The Labute approximate surface area is 109 Å². The Hall–Kier alpha value is -0.570. The first kappa shape index (κ1) is 12.9. The van der Waals surface area contributed by atoms with Crippen LogP contribution in [-0.2, 0) is 6.42 Å². The molecule has 2 rings (SSSR count). The molecule has 17 heavy (non-hydrogen) atoms. The third kappa shape index (κ3) is 3.01. The average Bonchev–Trinajstić information content (AvgIpc) is 2.71. The van der Waals surface area contributed by atoms with Crippen molar-refractivity contribution in [1.82, 2.24) is 10.2 Å². The highest BCUT2D eigenvalue weighted by Crippen LogP contribution is 2.27. The van der Waals surface area contributed by atoms with E-state index in [4.69, 9.17) is 11.6 Å². The lowest BCUT2D eigenvalue weighted by Crippen LogP contribution is -2.45. The van der Waals surface area contributed by atoms with Crippen LogP contribution in [0.5, 0.6) is 0 Å². The molecule has 94 valence electrons. The van der Waals surface area contributed by atoms with Crippen LogP contribution < -0.4 is 5.32 Å². The van der Waals surface area contributed by atoms with Gasteiger partial charge in [-0.1, -0.05) is 29.8 Å². The first-order valence-electron chi connectivity index (χ1n) is 6.26. The zero-order valence-electron chi connectivity index (χ0n) is 10.7. The lowest BCUT2D eigenvalue weighted by molar-refractivity contribution is 0.311. The maximum atomic E-state index is 6.20. The number of hydrogen-bond acceptors (Lipinski definition) is 2. The molecule has 1 saturated heterocycles. The fourth-order valence-electron chi connectivity index (χ4n) is 2.69. The summed E-state index contributed by atoms with van der Waals surface area (Å²) in [6, 6.07) is 8.16. The van der Waals surface area contributed by atoms with E-state index in [-0.39, 0.29) is 5.54 Å². The first-order chi connectivity index (χ1) is 8.15. The van der Waals surface area contributed by atoms with E-state index >= 15 is 0 Å². The molecule has 1 aliphatic heterocycles. The van der Waals surface area contributed by atoms with Gasteiger partial charge in [-0.3, -0.25) is 0 Å². The van der Waals surface area contributed by atoms with E-state index in [1.807, 2.05) is 12.1 Å². The molecule has 1 atom stereocenters. The number of halogens is 1. The molecule has 0 radical (unpaired) electrons. The molecule has 1 aromatic carbocycles. The Balaban J connectivity index is 1.99. The predicted molar refractivity (Wildman–Crippen MR) is 73.7 cm³/mol. The number of likely N-dealkylation sites (N-methyl/N-ethyl adjacent to an activating group) is 2. The van der Waals surface area contributed by atoms with Crippen molar-refractivity contribution in [2.24, 2.45) is 0 Å². The maximum absolute atomic E-state index is 6.20. The minimum atomic E-state index is 0.272. The molecule has 0 spiro atoms. The average molecular weight is 253 g/mol. The number of likely N-dealkylation sites (tertiary alicyclic amines) is 1. The van der Waals surface area contributed by atoms with Crippen LogP contribution >= 0.6 is 11.6 Å². The fraction of sp³-hybridized carbons (Fsp3) is 0.571. The van der Waals surface area contributed by atoms with Crippen molar-refractivity contribution in [3.05, 3.63) is 34.9 Å². The Bertz CT molecular complexity index is 380. The monoisotopic (exact) mass is 252 g/mol. The first-order valence-corrected chi connectivity index (χ1v) is 6.64. The summed E-state index contributed by atoms with van der Waals surface area (Å²) < 4.78 is 0. The molecule has 0 bridgehead atoms. The van der Waals surface area contributed by atoms with E-state index < -0.39 is 0 Å². The molecule has 1 unspecified atom stereocenters. The van der Waals surface area contributed by atoms with Crippen molar-refractivity contribution in [3.63, 3.8) is 0 Å². The molecule has 1 fully saturated rings. The lowest BCUT2D eigenvalue weighted by atomic mass is 9.90. The highest BCUT2D eigenvalue weighted by molar-refractivity contribution is 6.31. The van der Waals surface area contributed by atoms with Gasteiger partial charge in [0.05, 0.1) is 0 Å². The molecule has 1 heterocycles. The van der Waals surface area contributed by atoms with Crippen molar-refractivity contribution >= 4 is 11.6 Å². The third-order valence-corrected chi connectivity index (χ3v) is 4.27. The van der Waals surface area contributed by atoms with E-state index in [1.165, 1.54) is 18.5 Å². The SMILES string of the molecule is CNC1(CCc2ccccc2Cl)CCN(C)C1. The molecule has 0 aromatic heterocycles. The summed E-state index contributed by atoms with van der Waals surface area (Å²) in [5.74, 6) is 0. The summed E-state index contributed by atoms with van der Waals surface area (Å²) in [4.78, 5) is 2.39. The van der Waals surface area contributed by atoms with Crippen molar-refractivity contribution in [3.8, 4) is 0 Å². The molecule has 1 aromatic rings. The van der Waals surface area contributed by atoms with Crippen LogP contribution in [0.25, 0.3) is 0 Å². The van der Waals surface area contributed by atoms with E-state index in [9.17, 15) is 0 Å². The second-order valence-electron chi connectivity index (χ2n) is 5.11. The second-order valence-corrected chi connectivity index (χ2v) is 5.52. The van der Waals surface area contributed by atoms with Gasteiger partial charge in [-0.2, -0.15) is 0 Å². The van der Waals surface area contributed by atoms with Crippen LogP contribution in [0.3, 0.4) is 0 Å². The zero-order valence-corrected chi connectivity index (χ0v) is 11.4. The summed E-state index contributed by atoms with van der Waals surface area (Å²) >= 11 is 6.20. The van der Waals surface area contributed by atoms with E-state index in [1.54, 1.807) is 0 Å². The standard InChI is InChI=1S/C14H21ClN2/c1-16-14(9-10-17(2)11-14)8-7-12-5-3-4-6-13(12)15/h3-6,16H,7-11H2,1-2H3. The highest BCUT2D eigenvalue weighted by Gasteiger charge is 2.34. The molecule has 1 aliphatic rings. The second kappa shape index (κ2) is 5.38. The van der Waals surface area contributed by atoms with Crippen LogP contribution in [0.4, 0.5) is 0 Å². The number of hydrogen-bond donors (Lipinski definition) is 1. The van der Waals surface area contributed by atoms with Crippen molar-refractivity contribution in [2.75, 3.05) is 27.2 Å². The molecule has 3 heteroatoms. The molecular weight excluding hydrogens is 232 g/mol. The fourth-order valence-corrected chi connectivity index (χ4v) is 2.92. The Morgan fingerprint density at radius 2 is 2.18 bits per heavy atom. The van der Waals surface area contributed by atoms with Crippen LogP contribution in [0.1, 0.15) is 18.4 Å². The quantitative estimate of drug-likeness (QED) is 0.886. The van der Waals surface area contributed by atoms with E-state index in [2.05, 4.69) is 36.4 Å². The highest BCUT2D eigenvalue weighted by atomic mass is 35.5. The van der Waals surface area contributed by atoms with Crippen LogP contribution in [0, 0.1) is 0 Å². The van der Waals surface area contributed by atoms with Gasteiger partial charge < -0.3 is 10.2 Å². The number of nitrogens with zero attached hydrogens (tertiary/aromatic N) is 1. The molecule has 0 saturated carbocycles. The maximum Gasteiger partial charge on any atom is 0.0437 e. The Morgan fingerprint density at radius 1 is 1.41 bits per heavy atom. The molecule has 1 N–H and O–H groups in total. The minimum Gasteiger partial charge on any atom is -0.313 e. The van der Waals surface area contributed by atoms with Gasteiger partial charge in [0.2, 0.25) is 0 Å². The lowest BCUT2D eigenvalue weighted by Gasteiger charge is -2.29. The number of benzene rings is 1. The van der Waals surface area contributed by atoms with Crippen molar-refractivity contribution in [2.45, 2.75) is 24.8 Å². The van der Waals surface area contributed by atoms with Crippen LogP contribution in [0.15, 0.2) is 24.3 Å². The van der Waals surface area contributed by atoms with Crippen molar-refractivity contribution in [1.29, 1.82) is 0 Å². The zero-order chi connectivity index (χ0) is 12.3. The number of aryl methyl sites for hydroxylation is 1. The van der Waals surface area contributed by atoms with Crippen molar-refractivity contribution < 1.29 is 0 Å². The largest absolute Gasteiger partial charge is 0.313 e. The summed E-state index contributed by atoms with van der Waals surface area (Å²) in [5, 5.41) is 4.41. The van der Waals surface area contributed by atoms with Gasteiger partial charge in [-0.15, -0.1) is 0 Å². The Morgan fingerprint density at radius 3 is 2.76 bits per heavy atom. The van der Waals surface area contributed by atoms with Gasteiger partial charge in [-0.05, 0) is 51.5 Å². The normalized spacial score (nSPS) is 25.4. The van der Waals surface area contributed by atoms with E-state index in [0.717, 1.165) is 24.4 Å². The molecule has 2 nitrogen and oxygen atoms in total. The van der Waals surface area contributed by atoms with Gasteiger partial charge in [0.25, 0.3) is 0 Å². The molecule has 0 amide bonds. The molecule has 0 aliphatic carbocycles. The topological polar surface area (TPSA) is 15.3 Å². The summed E-state index contributed by atoms with van der Waals surface area (Å²) in [6.45, 7) is 2.32. The van der Waals surface area contributed by atoms with E-state index in [0.29, 0.717) is 0 Å². The van der Waals surface area contributed by atoms with Gasteiger partial charge in [0, 0.05) is 17.1 Å². The van der Waals surface area contributed by atoms with Gasteiger partial charge in [-0.25, -0.2) is 0 Å². The van der Waals surface area contributed by atoms with Gasteiger partial charge in [0.15, 0.2) is 0 Å².